The van der Waals surface area contributed by atoms with Crippen LogP contribution in [0.3, 0.4) is 0 Å². The molecule has 1 aromatic rings. The van der Waals surface area contributed by atoms with Crippen LogP contribution in [0.25, 0.3) is 0 Å². The summed E-state index contributed by atoms with van der Waals surface area (Å²) in [5, 5.41) is 0. The van der Waals surface area contributed by atoms with E-state index in [0.717, 1.165) is 25.7 Å². The second-order valence-corrected chi connectivity index (χ2v) is 6.18. The zero-order chi connectivity index (χ0) is 15.7. The van der Waals surface area contributed by atoms with Crippen molar-refractivity contribution in [1.29, 1.82) is 0 Å². The second kappa shape index (κ2) is 5.93. The molecule has 0 bridgehead atoms. The first-order chi connectivity index (χ1) is 10.6. The molecule has 0 unspecified atom stereocenters. The first-order valence-corrected chi connectivity index (χ1v) is 7.77. The summed E-state index contributed by atoms with van der Waals surface area (Å²) in [5.74, 6) is 0.655. The lowest BCUT2D eigenvalue weighted by Gasteiger charge is -2.43. The summed E-state index contributed by atoms with van der Waals surface area (Å²) in [6.07, 6.45) is 7.02. The molecule has 1 amide bonds. The van der Waals surface area contributed by atoms with Gasteiger partial charge in [-0.3, -0.25) is 4.79 Å². The van der Waals surface area contributed by atoms with E-state index in [-0.39, 0.29) is 23.7 Å². The highest BCUT2D eigenvalue weighted by Crippen LogP contribution is 2.43. The van der Waals surface area contributed by atoms with E-state index in [0.29, 0.717) is 17.9 Å². The normalized spacial score (nSPS) is 31.1. The fraction of sp³-hybridized carbons (Fsp3) is 0.688. The van der Waals surface area contributed by atoms with Gasteiger partial charge < -0.3 is 14.4 Å². The molecule has 2 fully saturated rings. The molecule has 2 aliphatic rings. The third-order valence-corrected chi connectivity index (χ3v) is 5.16. The van der Waals surface area contributed by atoms with Gasteiger partial charge >= 0.3 is 0 Å². The minimum absolute atomic E-state index is 0.0133. The Labute approximate surface area is 130 Å². The molecule has 0 spiro atoms. The number of hydrogen-bond acceptors (Lipinski definition) is 5. The van der Waals surface area contributed by atoms with Gasteiger partial charge in [0.15, 0.2) is 0 Å². The molecular weight excluding hydrogens is 282 g/mol. The summed E-state index contributed by atoms with van der Waals surface area (Å²) >= 11 is 0. The number of amides is 1. The van der Waals surface area contributed by atoms with Crippen molar-refractivity contribution in [1.82, 2.24) is 14.9 Å². The molecule has 6 heteroatoms. The Morgan fingerprint density at radius 1 is 1.32 bits per heavy atom. The Hall–Kier alpha value is -1.53. The lowest BCUT2D eigenvalue weighted by Crippen LogP contribution is -2.53. The molecule has 1 saturated heterocycles. The van der Waals surface area contributed by atoms with Crippen LogP contribution < -0.4 is 0 Å². The highest BCUT2D eigenvalue weighted by molar-refractivity contribution is 5.94. The number of carbonyl (C=O) groups is 1. The number of ether oxygens (including phenoxy) is 2. The molecule has 1 aromatic heterocycles. The molecule has 0 radical (unpaired) electrons. The van der Waals surface area contributed by atoms with Gasteiger partial charge in [-0.15, -0.1) is 0 Å². The molecule has 1 saturated carbocycles. The van der Waals surface area contributed by atoms with E-state index in [4.69, 9.17) is 9.47 Å². The van der Waals surface area contributed by atoms with Gasteiger partial charge in [-0.2, -0.15) is 0 Å². The maximum Gasteiger partial charge on any atom is 0.257 e. The molecule has 120 valence electrons. The molecule has 0 N–H and O–H groups in total. The zero-order valence-corrected chi connectivity index (χ0v) is 13.4. The van der Waals surface area contributed by atoms with Gasteiger partial charge in [-0.25, -0.2) is 9.97 Å². The van der Waals surface area contributed by atoms with Gasteiger partial charge in [-0.05, 0) is 32.6 Å². The van der Waals surface area contributed by atoms with Crippen molar-refractivity contribution >= 4 is 5.91 Å². The molecule has 22 heavy (non-hydrogen) atoms. The van der Waals surface area contributed by atoms with Crippen molar-refractivity contribution in [2.24, 2.45) is 0 Å². The summed E-state index contributed by atoms with van der Waals surface area (Å²) in [5.41, 5.74) is 0.313. The van der Waals surface area contributed by atoms with Gasteiger partial charge in [0.1, 0.15) is 5.82 Å². The van der Waals surface area contributed by atoms with Crippen LogP contribution in [0, 0.1) is 6.92 Å². The van der Waals surface area contributed by atoms with Crippen molar-refractivity contribution in [3.63, 3.8) is 0 Å². The maximum atomic E-state index is 12.8. The highest BCUT2D eigenvalue weighted by atomic mass is 16.5. The smallest absolute Gasteiger partial charge is 0.257 e. The van der Waals surface area contributed by atoms with E-state index >= 15 is 0 Å². The Morgan fingerprint density at radius 3 is 2.68 bits per heavy atom. The van der Waals surface area contributed by atoms with Crippen molar-refractivity contribution in [2.75, 3.05) is 20.8 Å². The Bertz CT molecular complexity index is 548. The molecule has 2 heterocycles. The first-order valence-electron chi connectivity index (χ1n) is 7.77. The topological polar surface area (TPSA) is 64.6 Å². The number of likely N-dealkylation sites (tertiary alicyclic amines) is 1. The highest BCUT2D eigenvalue weighted by Gasteiger charge is 2.52. The largest absolute Gasteiger partial charge is 0.381 e. The Morgan fingerprint density at radius 2 is 2.05 bits per heavy atom. The fourth-order valence-electron chi connectivity index (χ4n) is 3.79. The van der Waals surface area contributed by atoms with Crippen LogP contribution in [0.5, 0.6) is 0 Å². The number of aromatic nitrogens is 2. The van der Waals surface area contributed by atoms with Gasteiger partial charge in [-0.1, -0.05) is 0 Å². The SMILES string of the molecule is CO[C@@H]1CC[C@@]2(OC)CCN(C(=O)c3cnc(C)nc3)[C@H]2C1. The van der Waals surface area contributed by atoms with E-state index < -0.39 is 0 Å². The first kappa shape index (κ1) is 15.4. The summed E-state index contributed by atoms with van der Waals surface area (Å²) in [6, 6.07) is 0.0602. The average Bonchev–Trinajstić information content (AvgIpc) is 2.93. The Kier molecular flexibility index (Phi) is 4.14. The number of nitrogens with zero attached hydrogens (tertiary/aromatic N) is 3. The van der Waals surface area contributed by atoms with Crippen molar-refractivity contribution in [2.45, 2.75) is 50.4 Å². The lowest BCUT2D eigenvalue weighted by atomic mass is 9.79. The van der Waals surface area contributed by atoms with Gasteiger partial charge in [0, 0.05) is 33.2 Å². The van der Waals surface area contributed by atoms with Crippen LogP contribution >= 0.6 is 0 Å². The summed E-state index contributed by atoms with van der Waals surface area (Å²) in [4.78, 5) is 23.0. The maximum absolute atomic E-state index is 12.8. The predicted molar refractivity (Wildman–Crippen MR) is 80.6 cm³/mol. The molecule has 0 aromatic carbocycles. The molecule has 3 atom stereocenters. The summed E-state index contributed by atoms with van der Waals surface area (Å²) in [7, 11) is 3.49. The van der Waals surface area contributed by atoms with Gasteiger partial charge in [0.25, 0.3) is 5.91 Å². The second-order valence-electron chi connectivity index (χ2n) is 6.18. The van der Waals surface area contributed by atoms with E-state index in [9.17, 15) is 4.79 Å². The zero-order valence-electron chi connectivity index (χ0n) is 13.4. The number of methoxy groups -OCH3 is 2. The third-order valence-electron chi connectivity index (χ3n) is 5.16. The van der Waals surface area contributed by atoms with E-state index in [1.165, 1.54) is 0 Å². The van der Waals surface area contributed by atoms with Crippen LogP contribution in [0.2, 0.25) is 0 Å². The predicted octanol–water partition coefficient (Wildman–Crippen LogP) is 1.58. The van der Waals surface area contributed by atoms with Crippen LogP contribution in [0.1, 0.15) is 41.9 Å². The summed E-state index contributed by atoms with van der Waals surface area (Å²) < 4.78 is 11.4. The van der Waals surface area contributed by atoms with Gasteiger partial charge in [0.05, 0.1) is 23.3 Å². The van der Waals surface area contributed by atoms with Crippen LogP contribution in [0.15, 0.2) is 12.4 Å². The summed E-state index contributed by atoms with van der Waals surface area (Å²) in [6.45, 7) is 2.52. The molecule has 1 aliphatic heterocycles. The average molecular weight is 305 g/mol. The van der Waals surface area contributed by atoms with Crippen LogP contribution in [-0.4, -0.2) is 59.3 Å². The van der Waals surface area contributed by atoms with E-state index in [1.54, 1.807) is 26.6 Å². The number of fused-ring (bicyclic) bond motifs is 1. The number of carbonyl (C=O) groups excluding carboxylic acids is 1. The van der Waals surface area contributed by atoms with Crippen molar-refractivity contribution < 1.29 is 14.3 Å². The lowest BCUT2D eigenvalue weighted by molar-refractivity contribution is -0.0893. The molecule has 3 rings (SSSR count). The van der Waals surface area contributed by atoms with E-state index in [1.807, 2.05) is 11.8 Å². The standard InChI is InChI=1S/C16H23N3O3/c1-11-17-9-12(10-18-11)15(20)19-7-6-16(22-3)5-4-13(21-2)8-14(16)19/h9-10,13-14H,4-8H2,1-3H3/t13-,14+,16-/m1/s1. The number of rotatable bonds is 3. The minimum Gasteiger partial charge on any atom is -0.381 e. The molecule has 1 aliphatic carbocycles. The molecular formula is C16H23N3O3. The Balaban J connectivity index is 1.84. The van der Waals surface area contributed by atoms with Crippen molar-refractivity contribution in [3.05, 3.63) is 23.8 Å². The van der Waals surface area contributed by atoms with Gasteiger partial charge in [0.2, 0.25) is 0 Å². The fourth-order valence-corrected chi connectivity index (χ4v) is 3.79. The minimum atomic E-state index is -0.226. The number of aryl methyl sites for hydroxylation is 1. The quantitative estimate of drug-likeness (QED) is 0.848. The van der Waals surface area contributed by atoms with E-state index in [2.05, 4.69) is 9.97 Å². The number of hydrogen-bond donors (Lipinski definition) is 0. The van der Waals surface area contributed by atoms with Crippen molar-refractivity contribution in [3.8, 4) is 0 Å². The third kappa shape index (κ3) is 2.50. The van der Waals surface area contributed by atoms with Crippen LogP contribution in [0.4, 0.5) is 0 Å². The van der Waals surface area contributed by atoms with Crippen LogP contribution in [-0.2, 0) is 9.47 Å². The monoisotopic (exact) mass is 305 g/mol. The molecule has 6 nitrogen and oxygen atoms in total.